The molecular weight excluding hydrogens is 372 g/mol. The number of rotatable bonds is 4. The fourth-order valence-corrected chi connectivity index (χ4v) is 4.16. The van der Waals surface area contributed by atoms with Crippen LogP contribution in [0.1, 0.15) is 71.1 Å². The number of amides is 1. The van der Waals surface area contributed by atoms with Gasteiger partial charge in [0.1, 0.15) is 12.7 Å². The van der Waals surface area contributed by atoms with Crippen LogP contribution < -0.4 is 15.7 Å². The molecular formula is C21H34N4O4. The number of nitrogens with zero attached hydrogens (tertiary/aromatic N) is 3. The number of anilines is 1. The average Bonchev–Trinajstić information content (AvgIpc) is 2.67. The van der Waals surface area contributed by atoms with Gasteiger partial charge in [0.15, 0.2) is 0 Å². The Bertz CT molecular complexity index is 793. The molecule has 1 amide bonds. The summed E-state index contributed by atoms with van der Waals surface area (Å²) in [5.74, 6) is 1.02. The molecule has 0 saturated heterocycles. The van der Waals surface area contributed by atoms with E-state index in [1.54, 1.807) is 4.90 Å². The van der Waals surface area contributed by atoms with Gasteiger partial charge in [-0.25, -0.2) is 9.78 Å². The number of fused-ring (bicyclic) bond motifs is 1. The van der Waals surface area contributed by atoms with Gasteiger partial charge >= 0.3 is 6.09 Å². The molecule has 2 heterocycles. The van der Waals surface area contributed by atoms with Gasteiger partial charge in [-0.3, -0.25) is 4.79 Å². The Labute approximate surface area is 172 Å². The molecule has 162 valence electrons. The van der Waals surface area contributed by atoms with Gasteiger partial charge in [0, 0.05) is 19.0 Å². The van der Waals surface area contributed by atoms with Gasteiger partial charge in [-0.1, -0.05) is 19.3 Å². The van der Waals surface area contributed by atoms with Crippen molar-refractivity contribution in [1.82, 2.24) is 14.6 Å². The highest BCUT2D eigenvalue weighted by molar-refractivity contribution is 5.68. The second-order valence-corrected chi connectivity index (χ2v) is 9.13. The first-order chi connectivity index (χ1) is 13.7. The average molecular weight is 407 g/mol. The van der Waals surface area contributed by atoms with Crippen molar-refractivity contribution in [2.24, 2.45) is 5.92 Å². The smallest absolute Gasteiger partial charge is 0.410 e. The molecule has 0 bridgehead atoms. The fraction of sp³-hybridized carbons (Fsp3) is 0.762. The number of carbonyl (C=O) groups is 1. The zero-order valence-electron chi connectivity index (χ0n) is 18.3. The molecule has 3 rings (SSSR count). The minimum atomic E-state index is -0.578. The van der Waals surface area contributed by atoms with Gasteiger partial charge in [0.25, 0.3) is 5.56 Å². The Morgan fingerprint density at radius 3 is 2.55 bits per heavy atom. The predicted octanol–water partition coefficient (Wildman–Crippen LogP) is 2.98. The topological polar surface area (TPSA) is 85.7 Å². The Morgan fingerprint density at radius 2 is 1.93 bits per heavy atom. The molecule has 0 aromatic carbocycles. The van der Waals surface area contributed by atoms with Crippen molar-refractivity contribution < 1.29 is 14.4 Å². The van der Waals surface area contributed by atoms with Crippen LogP contribution in [0, 0.1) is 5.92 Å². The van der Waals surface area contributed by atoms with Gasteiger partial charge in [-0.15, -0.1) is 4.73 Å². The molecule has 1 aromatic heterocycles. The quantitative estimate of drug-likeness (QED) is 0.827. The van der Waals surface area contributed by atoms with E-state index in [2.05, 4.69) is 12.2 Å². The van der Waals surface area contributed by atoms with Crippen molar-refractivity contribution in [2.75, 3.05) is 19.0 Å². The van der Waals surface area contributed by atoms with E-state index < -0.39 is 11.7 Å². The summed E-state index contributed by atoms with van der Waals surface area (Å²) in [6, 6.07) is 0.212. The molecule has 8 nitrogen and oxygen atoms in total. The van der Waals surface area contributed by atoms with Gasteiger partial charge in [0.05, 0.1) is 17.8 Å². The van der Waals surface area contributed by atoms with Crippen LogP contribution in [-0.4, -0.2) is 46.0 Å². The van der Waals surface area contributed by atoms with E-state index in [0.717, 1.165) is 5.69 Å². The van der Waals surface area contributed by atoms with E-state index >= 15 is 0 Å². The van der Waals surface area contributed by atoms with E-state index in [4.69, 9.17) is 14.6 Å². The third kappa shape index (κ3) is 5.03. The standard InChI is InChI=1S/C21H34N4O4/c1-14(15-9-7-6-8-10-15)22-19-23-17-11-12-24(20(27)29-21(2,3)4)13-16(17)18(26)25(19)28-5/h14-15H,6-13H2,1-5H3,(H,22,23). The van der Waals surface area contributed by atoms with E-state index in [9.17, 15) is 9.59 Å². The fourth-order valence-electron chi connectivity index (χ4n) is 4.16. The summed E-state index contributed by atoms with van der Waals surface area (Å²) in [4.78, 5) is 37.1. The largest absolute Gasteiger partial charge is 0.444 e. The minimum absolute atomic E-state index is 0.178. The maximum atomic E-state index is 13.1. The zero-order chi connectivity index (χ0) is 21.2. The number of ether oxygens (including phenoxy) is 1. The SMILES string of the molecule is COn1c(NC(C)C2CCCCC2)nc2c(c1=O)CN(C(=O)OC(C)(C)C)CC2. The molecule has 0 spiro atoms. The number of aromatic nitrogens is 2. The molecule has 1 aromatic rings. The summed E-state index contributed by atoms with van der Waals surface area (Å²) in [6.45, 7) is 8.28. The highest BCUT2D eigenvalue weighted by atomic mass is 16.7. The van der Waals surface area contributed by atoms with Crippen molar-refractivity contribution in [1.29, 1.82) is 0 Å². The summed E-state index contributed by atoms with van der Waals surface area (Å²) >= 11 is 0. The first-order valence-electron chi connectivity index (χ1n) is 10.6. The van der Waals surface area contributed by atoms with Crippen LogP contribution >= 0.6 is 0 Å². The van der Waals surface area contributed by atoms with Crippen LogP contribution in [0.2, 0.25) is 0 Å². The minimum Gasteiger partial charge on any atom is -0.444 e. The van der Waals surface area contributed by atoms with E-state index in [1.807, 2.05) is 20.8 Å². The summed E-state index contributed by atoms with van der Waals surface area (Å²) < 4.78 is 6.65. The van der Waals surface area contributed by atoms with Crippen molar-refractivity contribution in [3.8, 4) is 0 Å². The molecule has 1 unspecified atom stereocenters. The van der Waals surface area contributed by atoms with Crippen LogP contribution in [0.15, 0.2) is 4.79 Å². The number of nitrogens with one attached hydrogen (secondary N) is 1. The van der Waals surface area contributed by atoms with Crippen LogP contribution in [-0.2, 0) is 17.7 Å². The first-order valence-corrected chi connectivity index (χ1v) is 10.6. The number of carbonyl (C=O) groups excluding carboxylic acids is 1. The van der Waals surface area contributed by atoms with Crippen LogP contribution in [0.4, 0.5) is 10.7 Å². The Morgan fingerprint density at radius 1 is 1.24 bits per heavy atom. The molecule has 1 fully saturated rings. The predicted molar refractivity (Wildman–Crippen MR) is 111 cm³/mol. The second-order valence-electron chi connectivity index (χ2n) is 9.13. The molecule has 1 aliphatic heterocycles. The molecule has 1 N–H and O–H groups in total. The van der Waals surface area contributed by atoms with E-state index in [1.165, 1.54) is 43.9 Å². The van der Waals surface area contributed by atoms with Gasteiger partial charge < -0.3 is 19.8 Å². The Balaban J connectivity index is 1.80. The molecule has 29 heavy (non-hydrogen) atoms. The monoisotopic (exact) mass is 406 g/mol. The van der Waals surface area contributed by atoms with Crippen molar-refractivity contribution >= 4 is 12.0 Å². The highest BCUT2D eigenvalue weighted by Crippen LogP contribution is 2.28. The molecule has 1 saturated carbocycles. The Hall–Kier alpha value is -2.25. The lowest BCUT2D eigenvalue weighted by Crippen LogP contribution is -2.44. The summed E-state index contributed by atoms with van der Waals surface area (Å²) in [6.07, 6.45) is 6.30. The number of hydrogen-bond acceptors (Lipinski definition) is 6. The number of hydrogen-bond donors (Lipinski definition) is 1. The van der Waals surface area contributed by atoms with Crippen LogP contribution in [0.25, 0.3) is 0 Å². The van der Waals surface area contributed by atoms with E-state index in [-0.39, 0.29) is 18.1 Å². The van der Waals surface area contributed by atoms with Crippen molar-refractivity contribution in [2.45, 2.75) is 84.4 Å². The lowest BCUT2D eigenvalue weighted by Gasteiger charge is -2.32. The second kappa shape index (κ2) is 8.63. The zero-order valence-corrected chi connectivity index (χ0v) is 18.3. The lowest BCUT2D eigenvalue weighted by molar-refractivity contribution is 0.0219. The maximum absolute atomic E-state index is 13.1. The molecule has 0 radical (unpaired) electrons. The van der Waals surface area contributed by atoms with E-state index in [0.29, 0.717) is 30.4 Å². The third-order valence-corrected chi connectivity index (χ3v) is 5.74. The third-order valence-electron chi connectivity index (χ3n) is 5.74. The van der Waals surface area contributed by atoms with Gasteiger partial charge in [-0.2, -0.15) is 0 Å². The molecule has 8 heteroatoms. The Kier molecular flexibility index (Phi) is 6.39. The highest BCUT2D eigenvalue weighted by Gasteiger charge is 2.30. The first kappa shape index (κ1) is 21.5. The van der Waals surface area contributed by atoms with Gasteiger partial charge in [-0.05, 0) is 46.5 Å². The van der Waals surface area contributed by atoms with Crippen molar-refractivity contribution in [3.05, 3.63) is 21.6 Å². The summed E-state index contributed by atoms with van der Waals surface area (Å²) in [5.41, 5.74) is 0.358. The lowest BCUT2D eigenvalue weighted by atomic mass is 9.85. The summed E-state index contributed by atoms with van der Waals surface area (Å²) in [5, 5.41) is 3.41. The molecule has 2 aliphatic rings. The van der Waals surface area contributed by atoms with Crippen LogP contribution in [0.3, 0.4) is 0 Å². The van der Waals surface area contributed by atoms with Gasteiger partial charge in [0.2, 0.25) is 5.95 Å². The normalized spacial score (nSPS) is 18.7. The molecule has 1 aliphatic carbocycles. The molecule has 1 atom stereocenters. The van der Waals surface area contributed by atoms with Crippen molar-refractivity contribution in [3.63, 3.8) is 0 Å². The van der Waals surface area contributed by atoms with Crippen LogP contribution in [0.5, 0.6) is 0 Å². The summed E-state index contributed by atoms with van der Waals surface area (Å²) in [7, 11) is 1.46. The maximum Gasteiger partial charge on any atom is 0.410 e.